The van der Waals surface area contributed by atoms with Gasteiger partial charge in [0.25, 0.3) is 0 Å². The van der Waals surface area contributed by atoms with Crippen molar-refractivity contribution < 1.29 is 4.79 Å². The SMILES string of the molecule is Cc1ccc(C(CNC(=O)C2(N)CC2)N2CCCC2)cc1.Cl.Cl. The summed E-state index contributed by atoms with van der Waals surface area (Å²) >= 11 is 0. The van der Waals surface area contributed by atoms with E-state index in [1.807, 2.05) is 0 Å². The van der Waals surface area contributed by atoms with Gasteiger partial charge < -0.3 is 11.1 Å². The van der Waals surface area contributed by atoms with E-state index in [2.05, 4.69) is 41.4 Å². The fraction of sp³-hybridized carbons (Fsp3) is 0.588. The number of carbonyl (C=O) groups is 1. The van der Waals surface area contributed by atoms with Crippen LogP contribution in [0.25, 0.3) is 0 Å². The Hall–Kier alpha value is -0.810. The first kappa shape index (κ1) is 20.2. The second-order valence-electron chi connectivity index (χ2n) is 6.54. The summed E-state index contributed by atoms with van der Waals surface area (Å²) in [4.78, 5) is 14.6. The standard InChI is InChI=1S/C17H25N3O.2ClH/c1-13-4-6-14(7-5-13)15(20-10-2-3-11-20)12-19-16(21)17(18)8-9-17;;/h4-7,15H,2-3,8-12,18H2,1H3,(H,19,21);2*1H. The van der Waals surface area contributed by atoms with Gasteiger partial charge in [-0.05, 0) is 51.3 Å². The highest BCUT2D eigenvalue weighted by Crippen LogP contribution is 2.32. The van der Waals surface area contributed by atoms with Gasteiger partial charge in [0.15, 0.2) is 0 Å². The molecule has 130 valence electrons. The Bertz CT molecular complexity index is 511. The average molecular weight is 360 g/mol. The Kier molecular flexibility index (Phi) is 7.33. The lowest BCUT2D eigenvalue weighted by atomic mass is 10.0. The smallest absolute Gasteiger partial charge is 0.240 e. The minimum absolute atomic E-state index is 0. The number of rotatable bonds is 5. The number of nitrogens with two attached hydrogens (primary N) is 1. The monoisotopic (exact) mass is 359 g/mol. The molecule has 6 heteroatoms. The van der Waals surface area contributed by atoms with Gasteiger partial charge in [0.1, 0.15) is 0 Å². The molecule has 3 N–H and O–H groups in total. The van der Waals surface area contributed by atoms with E-state index in [0.717, 1.165) is 25.9 Å². The summed E-state index contributed by atoms with van der Waals surface area (Å²) in [5, 5.41) is 3.07. The predicted molar refractivity (Wildman–Crippen MR) is 98.4 cm³/mol. The van der Waals surface area contributed by atoms with Crippen LogP contribution in [0.3, 0.4) is 0 Å². The van der Waals surface area contributed by atoms with Crippen LogP contribution in [0.2, 0.25) is 0 Å². The molecule has 1 saturated carbocycles. The molecule has 4 nitrogen and oxygen atoms in total. The minimum Gasteiger partial charge on any atom is -0.353 e. The van der Waals surface area contributed by atoms with Gasteiger partial charge in [-0.25, -0.2) is 0 Å². The molecule has 0 aromatic heterocycles. The third kappa shape index (κ3) is 4.83. The normalized spacial score (nSPS) is 20.1. The van der Waals surface area contributed by atoms with Gasteiger partial charge >= 0.3 is 0 Å². The van der Waals surface area contributed by atoms with Crippen molar-refractivity contribution >= 4 is 30.7 Å². The first-order valence-electron chi connectivity index (χ1n) is 7.96. The molecular weight excluding hydrogens is 333 g/mol. The molecule has 1 heterocycles. The van der Waals surface area contributed by atoms with Gasteiger partial charge in [0.2, 0.25) is 5.91 Å². The van der Waals surface area contributed by atoms with Crippen molar-refractivity contribution in [2.45, 2.75) is 44.2 Å². The van der Waals surface area contributed by atoms with Crippen molar-refractivity contribution in [3.8, 4) is 0 Å². The summed E-state index contributed by atoms with van der Waals surface area (Å²) in [6, 6.07) is 8.91. The van der Waals surface area contributed by atoms with Crippen LogP contribution < -0.4 is 11.1 Å². The Balaban J connectivity index is 0.00000132. The number of nitrogens with zero attached hydrogens (tertiary/aromatic N) is 1. The Morgan fingerprint density at radius 3 is 2.30 bits per heavy atom. The van der Waals surface area contributed by atoms with Gasteiger partial charge in [-0.2, -0.15) is 0 Å². The van der Waals surface area contributed by atoms with Crippen molar-refractivity contribution in [2.75, 3.05) is 19.6 Å². The molecule has 1 amide bonds. The van der Waals surface area contributed by atoms with E-state index in [-0.39, 0.29) is 36.8 Å². The fourth-order valence-corrected chi connectivity index (χ4v) is 3.03. The van der Waals surface area contributed by atoms with Crippen molar-refractivity contribution in [3.05, 3.63) is 35.4 Å². The molecule has 1 aromatic rings. The van der Waals surface area contributed by atoms with Crippen molar-refractivity contribution in [2.24, 2.45) is 5.73 Å². The van der Waals surface area contributed by atoms with Crippen LogP contribution in [0.15, 0.2) is 24.3 Å². The molecule has 2 fully saturated rings. The minimum atomic E-state index is -0.581. The quantitative estimate of drug-likeness (QED) is 0.849. The molecule has 1 saturated heterocycles. The summed E-state index contributed by atoms with van der Waals surface area (Å²) in [5.41, 5.74) is 7.93. The summed E-state index contributed by atoms with van der Waals surface area (Å²) in [7, 11) is 0. The summed E-state index contributed by atoms with van der Waals surface area (Å²) in [6.45, 7) is 4.98. The van der Waals surface area contributed by atoms with E-state index in [1.54, 1.807) is 0 Å². The first-order chi connectivity index (χ1) is 10.1. The number of likely N-dealkylation sites (tertiary alicyclic amines) is 1. The van der Waals surface area contributed by atoms with Crippen molar-refractivity contribution in [1.82, 2.24) is 10.2 Å². The van der Waals surface area contributed by atoms with E-state index < -0.39 is 5.54 Å². The van der Waals surface area contributed by atoms with Crippen molar-refractivity contribution in [3.63, 3.8) is 0 Å². The molecule has 0 bridgehead atoms. The maximum absolute atomic E-state index is 12.1. The zero-order valence-corrected chi connectivity index (χ0v) is 15.2. The lowest BCUT2D eigenvalue weighted by molar-refractivity contribution is -0.123. The highest BCUT2D eigenvalue weighted by molar-refractivity contribution is 5.89. The number of amides is 1. The largest absolute Gasteiger partial charge is 0.353 e. The van der Waals surface area contributed by atoms with Crippen LogP contribution in [0.5, 0.6) is 0 Å². The Labute approximate surface area is 151 Å². The molecule has 0 spiro atoms. The van der Waals surface area contributed by atoms with Crippen LogP contribution in [0.1, 0.15) is 42.9 Å². The molecule has 1 aromatic carbocycles. The highest BCUT2D eigenvalue weighted by Gasteiger charge is 2.46. The number of hydrogen-bond acceptors (Lipinski definition) is 3. The van der Waals surface area contributed by atoms with Crippen LogP contribution in [-0.4, -0.2) is 36.0 Å². The number of aryl methyl sites for hydroxylation is 1. The number of nitrogens with one attached hydrogen (secondary N) is 1. The zero-order valence-electron chi connectivity index (χ0n) is 13.6. The molecule has 2 aliphatic rings. The number of carbonyl (C=O) groups excluding carboxylic acids is 1. The summed E-state index contributed by atoms with van der Waals surface area (Å²) in [5.74, 6) is 0.0128. The molecule has 1 unspecified atom stereocenters. The molecule has 1 aliphatic carbocycles. The van der Waals surface area contributed by atoms with Crippen LogP contribution in [-0.2, 0) is 4.79 Å². The van der Waals surface area contributed by atoms with Crippen molar-refractivity contribution in [1.29, 1.82) is 0 Å². The molecule has 1 atom stereocenters. The van der Waals surface area contributed by atoms with Gasteiger partial charge in [-0.15, -0.1) is 24.8 Å². The second kappa shape index (κ2) is 8.34. The van der Waals surface area contributed by atoms with Gasteiger partial charge in [0, 0.05) is 6.54 Å². The third-order valence-electron chi connectivity index (χ3n) is 4.74. The highest BCUT2D eigenvalue weighted by atomic mass is 35.5. The average Bonchev–Trinajstić information content (AvgIpc) is 3.02. The third-order valence-corrected chi connectivity index (χ3v) is 4.74. The van der Waals surface area contributed by atoms with Crippen LogP contribution >= 0.6 is 24.8 Å². The second-order valence-corrected chi connectivity index (χ2v) is 6.54. The fourth-order valence-electron chi connectivity index (χ4n) is 3.03. The van der Waals surface area contributed by atoms with E-state index in [0.29, 0.717) is 6.54 Å². The predicted octanol–water partition coefficient (Wildman–Crippen LogP) is 2.58. The van der Waals surface area contributed by atoms with E-state index >= 15 is 0 Å². The Morgan fingerprint density at radius 1 is 1.22 bits per heavy atom. The van der Waals surface area contributed by atoms with Gasteiger partial charge in [-0.3, -0.25) is 9.69 Å². The lowest BCUT2D eigenvalue weighted by Gasteiger charge is -2.28. The van der Waals surface area contributed by atoms with E-state index in [4.69, 9.17) is 5.73 Å². The maximum Gasteiger partial charge on any atom is 0.240 e. The summed E-state index contributed by atoms with van der Waals surface area (Å²) < 4.78 is 0. The van der Waals surface area contributed by atoms with Crippen LogP contribution in [0.4, 0.5) is 0 Å². The molecule has 1 aliphatic heterocycles. The number of hydrogen-bond donors (Lipinski definition) is 2. The van der Waals surface area contributed by atoms with Crippen LogP contribution in [0, 0.1) is 6.92 Å². The number of benzene rings is 1. The van der Waals surface area contributed by atoms with Gasteiger partial charge in [-0.1, -0.05) is 29.8 Å². The Morgan fingerprint density at radius 2 is 1.78 bits per heavy atom. The first-order valence-corrected chi connectivity index (χ1v) is 7.96. The molecule has 23 heavy (non-hydrogen) atoms. The number of halogens is 2. The van der Waals surface area contributed by atoms with E-state index in [1.165, 1.54) is 24.0 Å². The molecular formula is C17H27Cl2N3O. The topological polar surface area (TPSA) is 58.4 Å². The maximum atomic E-state index is 12.1. The summed E-state index contributed by atoms with van der Waals surface area (Å²) in [6.07, 6.45) is 4.13. The molecule has 3 rings (SSSR count). The van der Waals surface area contributed by atoms with Gasteiger partial charge in [0.05, 0.1) is 11.6 Å². The molecule has 0 radical (unpaired) electrons. The lowest BCUT2D eigenvalue weighted by Crippen LogP contribution is -2.46. The van der Waals surface area contributed by atoms with E-state index in [9.17, 15) is 4.79 Å². The zero-order chi connectivity index (χ0) is 14.9.